The second-order valence-corrected chi connectivity index (χ2v) is 6.61. The first kappa shape index (κ1) is 16.8. The molecule has 0 atom stereocenters. The van der Waals surface area contributed by atoms with Crippen molar-refractivity contribution >= 4 is 11.5 Å². The largest absolute Gasteiger partial charge is 0.351 e. The molecule has 1 aromatic rings. The maximum atomic E-state index is 12.2. The van der Waals surface area contributed by atoms with Crippen molar-refractivity contribution in [2.75, 3.05) is 19.6 Å². The summed E-state index contributed by atoms with van der Waals surface area (Å²) in [5.41, 5.74) is 2.23. The average Bonchev–Trinajstić information content (AvgIpc) is 3.07. The van der Waals surface area contributed by atoms with Crippen LogP contribution in [0.3, 0.4) is 0 Å². The number of hydrogen-bond acceptors (Lipinski definition) is 2. The van der Waals surface area contributed by atoms with E-state index in [4.69, 9.17) is 0 Å². The van der Waals surface area contributed by atoms with Gasteiger partial charge in [0.15, 0.2) is 0 Å². The van der Waals surface area contributed by atoms with Crippen molar-refractivity contribution in [3.63, 3.8) is 0 Å². The van der Waals surface area contributed by atoms with Crippen LogP contribution < -0.4 is 5.32 Å². The van der Waals surface area contributed by atoms with Crippen molar-refractivity contribution in [2.45, 2.75) is 45.6 Å². The lowest BCUT2D eigenvalue weighted by atomic mass is 10.0. The number of nitrogens with zero attached hydrogens (tertiary/aromatic N) is 1. The van der Waals surface area contributed by atoms with Crippen LogP contribution in [-0.2, 0) is 4.79 Å². The van der Waals surface area contributed by atoms with Crippen LogP contribution in [-0.4, -0.2) is 36.0 Å². The minimum atomic E-state index is 0.00738. The van der Waals surface area contributed by atoms with Gasteiger partial charge in [-0.05, 0) is 57.3 Å². The molecule has 1 aliphatic rings. The Labute approximate surface area is 134 Å². The number of carbonyl (C=O) groups excluding carboxylic acids is 1. The summed E-state index contributed by atoms with van der Waals surface area (Å²) >= 11 is 0. The Kier molecular flexibility index (Phi) is 5.78. The summed E-state index contributed by atoms with van der Waals surface area (Å²) in [4.78, 5) is 14.7. The predicted molar refractivity (Wildman–Crippen MR) is 92.6 cm³/mol. The number of nitrogens with one attached hydrogen (secondary N) is 1. The fourth-order valence-corrected chi connectivity index (χ4v) is 2.99. The summed E-state index contributed by atoms with van der Waals surface area (Å²) in [7, 11) is 0. The lowest BCUT2D eigenvalue weighted by Gasteiger charge is -2.35. The van der Waals surface area contributed by atoms with Crippen molar-refractivity contribution in [1.82, 2.24) is 10.2 Å². The molecule has 1 aromatic carbocycles. The fraction of sp³-hybridized carbons (Fsp3) is 0.526. The highest BCUT2D eigenvalue weighted by Gasteiger charge is 2.29. The van der Waals surface area contributed by atoms with E-state index < -0.39 is 0 Å². The third-order valence-corrected chi connectivity index (χ3v) is 4.49. The second kappa shape index (κ2) is 7.59. The molecule has 1 fully saturated rings. The van der Waals surface area contributed by atoms with E-state index >= 15 is 0 Å². The molecule has 0 aliphatic carbocycles. The normalized spacial score (nSPS) is 16.8. The number of carbonyl (C=O) groups is 1. The molecule has 1 N–H and O–H groups in total. The van der Waals surface area contributed by atoms with Crippen molar-refractivity contribution in [1.29, 1.82) is 0 Å². The number of allylic oxidation sites excluding steroid dienone is 1. The van der Waals surface area contributed by atoms with Gasteiger partial charge in [0, 0.05) is 18.2 Å². The van der Waals surface area contributed by atoms with Crippen LogP contribution in [0.5, 0.6) is 0 Å². The van der Waals surface area contributed by atoms with Crippen LogP contribution in [0.15, 0.2) is 36.4 Å². The van der Waals surface area contributed by atoms with E-state index in [-0.39, 0.29) is 11.4 Å². The van der Waals surface area contributed by atoms with Gasteiger partial charge < -0.3 is 5.32 Å². The summed E-state index contributed by atoms with van der Waals surface area (Å²) in [6, 6.07) is 10.1. The number of hydrogen-bond donors (Lipinski definition) is 1. The first-order valence-corrected chi connectivity index (χ1v) is 8.32. The molecule has 120 valence electrons. The number of benzene rings is 1. The van der Waals surface area contributed by atoms with Gasteiger partial charge >= 0.3 is 0 Å². The van der Waals surface area contributed by atoms with E-state index in [2.05, 4.69) is 43.1 Å². The van der Waals surface area contributed by atoms with E-state index in [1.807, 2.05) is 18.2 Å². The Bertz CT molecular complexity index is 513. The van der Waals surface area contributed by atoms with E-state index in [0.717, 1.165) is 30.6 Å². The van der Waals surface area contributed by atoms with Crippen molar-refractivity contribution < 1.29 is 4.79 Å². The Morgan fingerprint density at radius 2 is 1.86 bits per heavy atom. The van der Waals surface area contributed by atoms with Crippen molar-refractivity contribution in [2.24, 2.45) is 0 Å². The molecule has 0 unspecified atom stereocenters. The van der Waals surface area contributed by atoms with E-state index in [9.17, 15) is 4.79 Å². The van der Waals surface area contributed by atoms with Gasteiger partial charge in [0.05, 0.1) is 0 Å². The standard InChI is InChI=1S/C19H28N2O/c1-4-16(17-10-6-5-7-11-17)14-18(22)20-15-19(2,3)21-12-8-9-13-21/h5-7,10-11,14H,4,8-9,12-13,15H2,1-3H3,(H,20,22)/b16-14+. The van der Waals surface area contributed by atoms with Gasteiger partial charge in [-0.1, -0.05) is 37.3 Å². The third-order valence-electron chi connectivity index (χ3n) is 4.49. The summed E-state index contributed by atoms with van der Waals surface area (Å²) in [6.45, 7) is 9.47. The van der Waals surface area contributed by atoms with Gasteiger partial charge in [0.25, 0.3) is 0 Å². The van der Waals surface area contributed by atoms with Crippen molar-refractivity contribution in [3.05, 3.63) is 42.0 Å². The zero-order chi connectivity index (χ0) is 16.0. The highest BCUT2D eigenvalue weighted by molar-refractivity contribution is 5.95. The summed E-state index contributed by atoms with van der Waals surface area (Å²) in [5.74, 6) is 0.00738. The molecule has 0 saturated carbocycles. The van der Waals surface area contributed by atoms with Crippen LogP contribution >= 0.6 is 0 Å². The predicted octanol–water partition coefficient (Wildman–Crippen LogP) is 3.47. The molecule has 1 aliphatic heterocycles. The van der Waals surface area contributed by atoms with Crippen LogP contribution in [0.1, 0.15) is 45.6 Å². The number of rotatable bonds is 6. The monoisotopic (exact) mass is 300 g/mol. The zero-order valence-corrected chi connectivity index (χ0v) is 14.1. The molecule has 3 nitrogen and oxygen atoms in total. The maximum Gasteiger partial charge on any atom is 0.244 e. The van der Waals surface area contributed by atoms with Gasteiger partial charge in [0.2, 0.25) is 5.91 Å². The van der Waals surface area contributed by atoms with E-state index in [1.165, 1.54) is 12.8 Å². The van der Waals surface area contributed by atoms with Gasteiger partial charge in [-0.15, -0.1) is 0 Å². The lowest BCUT2D eigenvalue weighted by molar-refractivity contribution is -0.117. The van der Waals surface area contributed by atoms with E-state index in [0.29, 0.717) is 6.54 Å². The molecule has 0 radical (unpaired) electrons. The zero-order valence-electron chi connectivity index (χ0n) is 14.1. The molecule has 1 saturated heterocycles. The summed E-state index contributed by atoms with van der Waals surface area (Å²) < 4.78 is 0. The molecule has 0 bridgehead atoms. The Balaban J connectivity index is 1.95. The topological polar surface area (TPSA) is 32.3 Å². The summed E-state index contributed by atoms with van der Waals surface area (Å²) in [5, 5.41) is 3.08. The molecule has 3 heteroatoms. The van der Waals surface area contributed by atoms with Gasteiger partial charge in [-0.25, -0.2) is 0 Å². The van der Waals surface area contributed by atoms with Crippen LogP contribution in [0.4, 0.5) is 0 Å². The lowest BCUT2D eigenvalue weighted by Crippen LogP contribution is -2.50. The molecule has 0 aromatic heterocycles. The Morgan fingerprint density at radius 3 is 2.45 bits per heavy atom. The van der Waals surface area contributed by atoms with Crippen molar-refractivity contribution in [3.8, 4) is 0 Å². The Hall–Kier alpha value is -1.61. The van der Waals surface area contributed by atoms with Crippen LogP contribution in [0.2, 0.25) is 0 Å². The minimum Gasteiger partial charge on any atom is -0.351 e. The molecule has 0 spiro atoms. The first-order valence-electron chi connectivity index (χ1n) is 8.32. The molecular formula is C19H28N2O. The summed E-state index contributed by atoms with van der Waals surface area (Å²) in [6.07, 6.45) is 5.14. The highest BCUT2D eigenvalue weighted by atomic mass is 16.1. The molecule has 2 rings (SSSR count). The van der Waals surface area contributed by atoms with Gasteiger partial charge in [-0.2, -0.15) is 0 Å². The first-order chi connectivity index (χ1) is 10.5. The maximum absolute atomic E-state index is 12.2. The number of likely N-dealkylation sites (tertiary alicyclic amines) is 1. The second-order valence-electron chi connectivity index (χ2n) is 6.61. The fourth-order valence-electron chi connectivity index (χ4n) is 2.99. The molecular weight excluding hydrogens is 272 g/mol. The van der Waals surface area contributed by atoms with Crippen LogP contribution in [0, 0.1) is 0 Å². The van der Waals surface area contributed by atoms with Gasteiger partial charge in [-0.3, -0.25) is 9.69 Å². The van der Waals surface area contributed by atoms with Gasteiger partial charge in [0.1, 0.15) is 0 Å². The highest BCUT2D eigenvalue weighted by Crippen LogP contribution is 2.20. The Morgan fingerprint density at radius 1 is 1.23 bits per heavy atom. The average molecular weight is 300 g/mol. The molecule has 22 heavy (non-hydrogen) atoms. The van der Waals surface area contributed by atoms with E-state index in [1.54, 1.807) is 6.08 Å². The SMILES string of the molecule is CC/C(=C\C(=O)NCC(C)(C)N1CCCC1)c1ccccc1. The minimum absolute atomic E-state index is 0.00738. The number of amides is 1. The smallest absolute Gasteiger partial charge is 0.244 e. The van der Waals surface area contributed by atoms with Crippen LogP contribution in [0.25, 0.3) is 5.57 Å². The quantitative estimate of drug-likeness (QED) is 0.816. The molecule has 1 amide bonds. The molecule has 1 heterocycles. The third kappa shape index (κ3) is 4.44.